The summed E-state index contributed by atoms with van der Waals surface area (Å²) in [6.07, 6.45) is 3.34. The highest BCUT2D eigenvalue weighted by Crippen LogP contribution is 2.35. The van der Waals surface area contributed by atoms with Crippen LogP contribution in [0.15, 0.2) is 72.0 Å². The van der Waals surface area contributed by atoms with Crippen molar-refractivity contribution in [2.24, 2.45) is 4.99 Å². The molecule has 2 aromatic carbocycles. The van der Waals surface area contributed by atoms with Gasteiger partial charge in [-0.05, 0) is 48.0 Å². The van der Waals surface area contributed by atoms with E-state index in [-0.39, 0.29) is 11.3 Å². The van der Waals surface area contributed by atoms with Crippen LogP contribution in [0, 0.1) is 5.82 Å². The molecule has 1 N–H and O–H groups in total. The average Bonchev–Trinajstić information content (AvgIpc) is 2.70. The Balaban J connectivity index is 1.84. The van der Waals surface area contributed by atoms with Crippen molar-refractivity contribution in [3.8, 4) is 0 Å². The third kappa shape index (κ3) is 3.36. The summed E-state index contributed by atoms with van der Waals surface area (Å²) < 4.78 is 13.8. The van der Waals surface area contributed by atoms with Gasteiger partial charge >= 0.3 is 0 Å². The van der Waals surface area contributed by atoms with Crippen LogP contribution in [0.5, 0.6) is 0 Å². The Morgan fingerprint density at radius 3 is 2.68 bits per heavy atom. The Labute approximate surface area is 162 Å². The van der Waals surface area contributed by atoms with Gasteiger partial charge in [0.05, 0.1) is 17.6 Å². The van der Waals surface area contributed by atoms with E-state index in [0.717, 1.165) is 16.9 Å². The average molecular weight is 374 g/mol. The number of carbonyl (C=O) groups excluding carboxylic acids is 1. The molecule has 6 heteroatoms. The first-order chi connectivity index (χ1) is 13.5. The summed E-state index contributed by atoms with van der Waals surface area (Å²) >= 11 is 0. The molecule has 0 saturated carbocycles. The number of nitrogens with zero attached hydrogens (tertiary/aromatic N) is 3. The molecule has 1 unspecified atom stereocenters. The Kier molecular flexibility index (Phi) is 4.61. The van der Waals surface area contributed by atoms with Gasteiger partial charge in [0.15, 0.2) is 5.78 Å². The summed E-state index contributed by atoms with van der Waals surface area (Å²) in [6, 6.07) is 15.5. The van der Waals surface area contributed by atoms with Crippen molar-refractivity contribution in [2.75, 3.05) is 24.3 Å². The van der Waals surface area contributed by atoms with Gasteiger partial charge in [0.1, 0.15) is 17.6 Å². The summed E-state index contributed by atoms with van der Waals surface area (Å²) in [5.74, 6) is -0.805. The van der Waals surface area contributed by atoms with Crippen molar-refractivity contribution in [2.45, 2.75) is 5.92 Å². The molecule has 3 aromatic rings. The van der Waals surface area contributed by atoms with Crippen LogP contribution in [0.3, 0.4) is 0 Å². The highest BCUT2D eigenvalue weighted by Gasteiger charge is 2.33. The number of fused-ring (bicyclic) bond motifs is 1. The molecule has 0 saturated heterocycles. The first kappa shape index (κ1) is 17.9. The van der Waals surface area contributed by atoms with Crippen molar-refractivity contribution in [3.05, 3.63) is 83.9 Å². The number of hydrogen-bond donors (Lipinski definition) is 1. The van der Waals surface area contributed by atoms with E-state index in [1.54, 1.807) is 18.5 Å². The molecule has 0 aliphatic carbocycles. The third-order valence-corrected chi connectivity index (χ3v) is 4.65. The van der Waals surface area contributed by atoms with Gasteiger partial charge < -0.3 is 10.2 Å². The van der Waals surface area contributed by atoms with Crippen LogP contribution < -0.4 is 10.2 Å². The molecule has 0 fully saturated rings. The van der Waals surface area contributed by atoms with E-state index in [0.29, 0.717) is 11.5 Å². The van der Waals surface area contributed by atoms with E-state index in [9.17, 15) is 9.18 Å². The van der Waals surface area contributed by atoms with Gasteiger partial charge in [-0.25, -0.2) is 9.38 Å². The molecule has 4 rings (SSSR count). The molecule has 5 nitrogen and oxygen atoms in total. The van der Waals surface area contributed by atoms with E-state index in [2.05, 4.69) is 15.3 Å². The summed E-state index contributed by atoms with van der Waals surface area (Å²) in [5, 5.41) is 3.22. The van der Waals surface area contributed by atoms with Gasteiger partial charge in [-0.2, -0.15) is 0 Å². The Hall–Kier alpha value is -3.54. The third-order valence-electron chi connectivity index (χ3n) is 4.65. The van der Waals surface area contributed by atoms with Gasteiger partial charge in [0.25, 0.3) is 0 Å². The highest BCUT2D eigenvalue weighted by molar-refractivity contribution is 6.24. The topological polar surface area (TPSA) is 57.6 Å². The number of nitrogens with one attached hydrogen (secondary N) is 1. The first-order valence-electron chi connectivity index (χ1n) is 8.89. The minimum atomic E-state index is -0.658. The standard InChI is InChI=1S/C22H19FN4O/c1-27(2)17-7-3-5-14(11-17)20-21(28)18-12-15(23)8-9-19(18)26-22(20)25-16-6-4-10-24-13-16/h3-13,20H,1-2H3,(H,25,26). The molecule has 0 bridgehead atoms. The van der Waals surface area contributed by atoms with Gasteiger partial charge in [-0.3, -0.25) is 9.78 Å². The number of aliphatic imine (C=N–C) groups is 1. The van der Waals surface area contributed by atoms with Crippen LogP contribution in [0.2, 0.25) is 0 Å². The quantitative estimate of drug-likeness (QED) is 0.738. The van der Waals surface area contributed by atoms with E-state index in [4.69, 9.17) is 0 Å². The first-order valence-corrected chi connectivity index (χ1v) is 8.89. The molecule has 0 spiro atoms. The molecule has 2 heterocycles. The summed E-state index contributed by atoms with van der Waals surface area (Å²) in [6.45, 7) is 0. The van der Waals surface area contributed by atoms with Gasteiger partial charge in [-0.1, -0.05) is 12.1 Å². The fourth-order valence-electron chi connectivity index (χ4n) is 3.25. The van der Waals surface area contributed by atoms with Crippen molar-refractivity contribution < 1.29 is 9.18 Å². The van der Waals surface area contributed by atoms with Gasteiger partial charge in [-0.15, -0.1) is 0 Å². The van der Waals surface area contributed by atoms with Crippen LogP contribution in [0.4, 0.5) is 21.5 Å². The van der Waals surface area contributed by atoms with Gasteiger partial charge in [0.2, 0.25) is 0 Å². The molecule has 1 aliphatic heterocycles. The molecular weight excluding hydrogens is 355 g/mol. The van der Waals surface area contributed by atoms with Crippen molar-refractivity contribution >= 4 is 28.7 Å². The van der Waals surface area contributed by atoms with Crippen LogP contribution in [0.25, 0.3) is 0 Å². The van der Waals surface area contributed by atoms with Crippen molar-refractivity contribution in [3.63, 3.8) is 0 Å². The maximum Gasteiger partial charge on any atom is 0.180 e. The molecule has 1 aromatic heterocycles. The number of anilines is 2. The lowest BCUT2D eigenvalue weighted by Crippen LogP contribution is -2.31. The normalized spacial score (nSPS) is 15.6. The maximum atomic E-state index is 13.8. The van der Waals surface area contributed by atoms with Crippen LogP contribution in [0.1, 0.15) is 21.8 Å². The number of hydrogen-bond acceptors (Lipinski definition) is 5. The van der Waals surface area contributed by atoms with Crippen LogP contribution in [-0.2, 0) is 0 Å². The zero-order valence-electron chi connectivity index (χ0n) is 15.6. The zero-order chi connectivity index (χ0) is 19.7. The largest absolute Gasteiger partial charge is 0.378 e. The SMILES string of the molecule is CN(C)c1cccc(C2C(=O)c3cc(F)ccc3N=C2Nc2cccnc2)c1. The minimum absolute atomic E-state index is 0.188. The number of rotatable bonds is 3. The summed E-state index contributed by atoms with van der Waals surface area (Å²) in [4.78, 5) is 24.0. The molecule has 140 valence electrons. The lowest BCUT2D eigenvalue weighted by Gasteiger charge is -2.26. The number of benzene rings is 2. The number of halogens is 1. The lowest BCUT2D eigenvalue weighted by molar-refractivity contribution is 0.0981. The number of Topliss-reactive ketones (excluding diaryl/α,β-unsaturated/α-hetero) is 1. The number of carbonyl (C=O) groups is 1. The van der Waals surface area contributed by atoms with E-state index >= 15 is 0 Å². The molecule has 28 heavy (non-hydrogen) atoms. The Bertz CT molecular complexity index is 1060. The van der Waals surface area contributed by atoms with E-state index < -0.39 is 11.7 Å². The summed E-state index contributed by atoms with van der Waals surface area (Å²) in [5.41, 5.74) is 3.24. The second-order valence-corrected chi connectivity index (χ2v) is 6.81. The fourth-order valence-corrected chi connectivity index (χ4v) is 3.25. The van der Waals surface area contributed by atoms with Crippen molar-refractivity contribution in [1.82, 2.24) is 4.98 Å². The molecular formula is C22H19FN4O. The number of pyridine rings is 1. The van der Waals surface area contributed by atoms with Crippen LogP contribution in [-0.4, -0.2) is 30.7 Å². The molecule has 1 atom stereocenters. The number of aromatic nitrogens is 1. The lowest BCUT2D eigenvalue weighted by atomic mass is 9.86. The number of amidine groups is 1. The Morgan fingerprint density at radius 2 is 1.93 bits per heavy atom. The van der Waals surface area contributed by atoms with Gasteiger partial charge in [0, 0.05) is 31.5 Å². The zero-order valence-corrected chi connectivity index (χ0v) is 15.6. The maximum absolute atomic E-state index is 13.8. The summed E-state index contributed by atoms with van der Waals surface area (Å²) in [7, 11) is 3.88. The molecule has 0 amide bonds. The second-order valence-electron chi connectivity index (χ2n) is 6.81. The molecule has 0 radical (unpaired) electrons. The Morgan fingerprint density at radius 1 is 1.07 bits per heavy atom. The van der Waals surface area contributed by atoms with E-state index in [1.165, 1.54) is 18.2 Å². The smallest absolute Gasteiger partial charge is 0.180 e. The minimum Gasteiger partial charge on any atom is -0.378 e. The number of ketones is 1. The molecule has 1 aliphatic rings. The fraction of sp³-hybridized carbons (Fsp3) is 0.136. The van der Waals surface area contributed by atoms with E-state index in [1.807, 2.05) is 49.3 Å². The highest BCUT2D eigenvalue weighted by atomic mass is 19.1. The predicted molar refractivity (Wildman–Crippen MR) is 109 cm³/mol. The van der Waals surface area contributed by atoms with Crippen molar-refractivity contribution in [1.29, 1.82) is 0 Å². The van der Waals surface area contributed by atoms with Crippen LogP contribution >= 0.6 is 0 Å². The second kappa shape index (κ2) is 7.23. The monoisotopic (exact) mass is 374 g/mol. The predicted octanol–water partition coefficient (Wildman–Crippen LogP) is 4.41.